The Labute approximate surface area is 116 Å². The molecule has 0 unspecified atom stereocenters. The predicted octanol–water partition coefficient (Wildman–Crippen LogP) is 3.83. The highest BCUT2D eigenvalue weighted by Crippen LogP contribution is 2.38. The van der Waals surface area contributed by atoms with Crippen molar-refractivity contribution in [2.75, 3.05) is 11.9 Å². The first-order valence-electron chi connectivity index (χ1n) is 6.82. The lowest BCUT2D eigenvalue weighted by molar-refractivity contribution is 0.0989. The molecule has 0 amide bonds. The summed E-state index contributed by atoms with van der Waals surface area (Å²) in [4.78, 5) is 15.6. The summed E-state index contributed by atoms with van der Waals surface area (Å²) >= 11 is 0. The first kappa shape index (κ1) is 11.3. The molecule has 4 rings (SSSR count). The SMILES string of the molecule is O=C1CCNc2c(-c3ccccc3)[nH]c3cccc1c23. The van der Waals surface area contributed by atoms with Gasteiger partial charge in [0.25, 0.3) is 0 Å². The van der Waals surface area contributed by atoms with Crippen LogP contribution in [0.2, 0.25) is 0 Å². The van der Waals surface area contributed by atoms with E-state index in [-0.39, 0.29) is 5.78 Å². The Morgan fingerprint density at radius 1 is 0.950 bits per heavy atom. The van der Waals surface area contributed by atoms with Gasteiger partial charge in [-0.15, -0.1) is 0 Å². The van der Waals surface area contributed by atoms with Gasteiger partial charge in [-0.05, 0) is 6.07 Å². The number of nitrogens with one attached hydrogen (secondary N) is 2. The van der Waals surface area contributed by atoms with Crippen molar-refractivity contribution in [1.29, 1.82) is 0 Å². The number of H-pyrrole nitrogens is 1. The van der Waals surface area contributed by atoms with Crippen molar-refractivity contribution in [2.45, 2.75) is 6.42 Å². The minimum Gasteiger partial charge on any atom is -0.382 e. The lowest BCUT2D eigenvalue weighted by atomic mass is 10.0. The summed E-state index contributed by atoms with van der Waals surface area (Å²) in [5.41, 5.74) is 5.07. The zero-order chi connectivity index (χ0) is 13.5. The van der Waals surface area contributed by atoms with Gasteiger partial charge < -0.3 is 10.3 Å². The molecule has 2 N–H and O–H groups in total. The van der Waals surface area contributed by atoms with E-state index in [4.69, 9.17) is 0 Å². The molecule has 0 bridgehead atoms. The smallest absolute Gasteiger partial charge is 0.165 e. The number of Topliss-reactive ketones (excluding diaryl/α,β-unsaturated/α-hetero) is 1. The van der Waals surface area contributed by atoms with Crippen molar-refractivity contribution in [3.05, 3.63) is 54.1 Å². The fourth-order valence-corrected chi connectivity index (χ4v) is 2.91. The standard InChI is InChI=1S/C17H14N2O/c20-14-9-10-18-17-15-12(14)7-4-8-13(15)19-16(17)11-5-2-1-3-6-11/h1-8,18-19H,9-10H2. The number of carbonyl (C=O) groups excluding carboxylic acids is 1. The Hall–Kier alpha value is -2.55. The first-order chi connectivity index (χ1) is 9.84. The maximum absolute atomic E-state index is 12.2. The highest BCUT2D eigenvalue weighted by Gasteiger charge is 2.21. The second-order valence-electron chi connectivity index (χ2n) is 5.07. The maximum Gasteiger partial charge on any atom is 0.165 e. The van der Waals surface area contributed by atoms with E-state index in [9.17, 15) is 4.79 Å². The van der Waals surface area contributed by atoms with Crippen molar-refractivity contribution in [2.24, 2.45) is 0 Å². The van der Waals surface area contributed by atoms with Crippen LogP contribution in [0.3, 0.4) is 0 Å². The summed E-state index contributed by atoms with van der Waals surface area (Å²) in [5, 5.41) is 4.44. The topological polar surface area (TPSA) is 44.9 Å². The molecule has 1 aliphatic rings. The summed E-state index contributed by atoms with van der Waals surface area (Å²) in [6.07, 6.45) is 0.544. The number of hydrogen-bond acceptors (Lipinski definition) is 2. The van der Waals surface area contributed by atoms with E-state index in [2.05, 4.69) is 22.4 Å². The molecule has 98 valence electrons. The van der Waals surface area contributed by atoms with E-state index in [1.54, 1.807) is 0 Å². The van der Waals surface area contributed by atoms with Gasteiger partial charge in [-0.3, -0.25) is 4.79 Å². The lowest BCUT2D eigenvalue weighted by Gasteiger charge is -2.05. The van der Waals surface area contributed by atoms with Gasteiger partial charge in [-0.2, -0.15) is 0 Å². The number of benzene rings is 2. The zero-order valence-electron chi connectivity index (χ0n) is 10.9. The Morgan fingerprint density at radius 3 is 2.65 bits per heavy atom. The third-order valence-corrected chi connectivity index (χ3v) is 3.84. The third kappa shape index (κ3) is 1.56. The molecule has 3 heteroatoms. The van der Waals surface area contributed by atoms with Crippen LogP contribution >= 0.6 is 0 Å². The number of carbonyl (C=O) groups is 1. The summed E-state index contributed by atoms with van der Waals surface area (Å²) in [6, 6.07) is 16.1. The van der Waals surface area contributed by atoms with Gasteiger partial charge in [-0.1, -0.05) is 42.5 Å². The molecule has 1 aliphatic heterocycles. The molecule has 0 fully saturated rings. The van der Waals surface area contributed by atoms with Gasteiger partial charge in [0.15, 0.2) is 5.78 Å². The van der Waals surface area contributed by atoms with Crippen molar-refractivity contribution in [3.63, 3.8) is 0 Å². The number of hydrogen-bond donors (Lipinski definition) is 2. The fraction of sp³-hybridized carbons (Fsp3) is 0.118. The maximum atomic E-state index is 12.2. The molecule has 20 heavy (non-hydrogen) atoms. The molecule has 3 nitrogen and oxygen atoms in total. The van der Waals surface area contributed by atoms with Crippen LogP contribution in [0.5, 0.6) is 0 Å². The molecular weight excluding hydrogens is 248 g/mol. The number of ketones is 1. The Balaban J connectivity index is 2.07. The van der Waals surface area contributed by atoms with Crippen LogP contribution < -0.4 is 5.32 Å². The largest absolute Gasteiger partial charge is 0.382 e. The van der Waals surface area contributed by atoms with E-state index < -0.39 is 0 Å². The molecule has 0 aliphatic carbocycles. The second kappa shape index (κ2) is 4.23. The average Bonchev–Trinajstić information content (AvgIpc) is 2.78. The molecular formula is C17H14N2O. The van der Waals surface area contributed by atoms with Crippen LogP contribution in [-0.4, -0.2) is 17.3 Å². The summed E-state index contributed by atoms with van der Waals surface area (Å²) in [6.45, 7) is 0.681. The van der Waals surface area contributed by atoms with Crippen LogP contribution in [0.1, 0.15) is 16.8 Å². The summed E-state index contributed by atoms with van der Waals surface area (Å²) in [5.74, 6) is 0.209. The average molecular weight is 262 g/mol. The number of rotatable bonds is 1. The highest BCUT2D eigenvalue weighted by molar-refractivity contribution is 6.15. The van der Waals surface area contributed by atoms with Gasteiger partial charge in [0, 0.05) is 35.0 Å². The number of anilines is 1. The lowest BCUT2D eigenvalue weighted by Crippen LogP contribution is -2.05. The molecule has 0 radical (unpaired) electrons. The van der Waals surface area contributed by atoms with Gasteiger partial charge >= 0.3 is 0 Å². The molecule has 0 saturated heterocycles. The van der Waals surface area contributed by atoms with E-state index in [1.807, 2.05) is 36.4 Å². The van der Waals surface area contributed by atoms with Gasteiger partial charge in [-0.25, -0.2) is 0 Å². The van der Waals surface area contributed by atoms with Crippen molar-refractivity contribution >= 4 is 22.4 Å². The molecule has 0 atom stereocenters. The monoisotopic (exact) mass is 262 g/mol. The van der Waals surface area contributed by atoms with Gasteiger partial charge in [0.2, 0.25) is 0 Å². The minimum atomic E-state index is 0.209. The number of aromatic nitrogens is 1. The number of aromatic amines is 1. The predicted molar refractivity (Wildman–Crippen MR) is 81.2 cm³/mol. The van der Waals surface area contributed by atoms with E-state index in [0.29, 0.717) is 13.0 Å². The molecule has 0 spiro atoms. The quantitative estimate of drug-likeness (QED) is 0.700. The van der Waals surface area contributed by atoms with Crippen LogP contribution in [0, 0.1) is 0 Å². The normalized spacial score (nSPS) is 14.1. The molecule has 1 aromatic heterocycles. The Kier molecular flexibility index (Phi) is 2.39. The summed E-state index contributed by atoms with van der Waals surface area (Å²) < 4.78 is 0. The van der Waals surface area contributed by atoms with E-state index in [0.717, 1.165) is 33.4 Å². The highest BCUT2D eigenvalue weighted by atomic mass is 16.1. The fourth-order valence-electron chi connectivity index (χ4n) is 2.91. The second-order valence-corrected chi connectivity index (χ2v) is 5.07. The van der Waals surface area contributed by atoms with E-state index >= 15 is 0 Å². The minimum absolute atomic E-state index is 0.209. The van der Waals surface area contributed by atoms with Crippen LogP contribution in [-0.2, 0) is 0 Å². The Bertz CT molecular complexity index is 802. The molecule has 2 aromatic carbocycles. The van der Waals surface area contributed by atoms with E-state index in [1.165, 1.54) is 0 Å². The zero-order valence-corrected chi connectivity index (χ0v) is 10.9. The van der Waals surface area contributed by atoms with Crippen LogP contribution in [0.25, 0.3) is 22.2 Å². The Morgan fingerprint density at radius 2 is 1.80 bits per heavy atom. The van der Waals surface area contributed by atoms with Crippen molar-refractivity contribution in [3.8, 4) is 11.3 Å². The van der Waals surface area contributed by atoms with Crippen LogP contribution in [0.15, 0.2) is 48.5 Å². The molecule has 3 aromatic rings. The van der Waals surface area contributed by atoms with Gasteiger partial charge in [0.1, 0.15) is 0 Å². The molecule has 0 saturated carbocycles. The van der Waals surface area contributed by atoms with Crippen molar-refractivity contribution < 1.29 is 4.79 Å². The molecule has 2 heterocycles. The third-order valence-electron chi connectivity index (χ3n) is 3.84. The first-order valence-corrected chi connectivity index (χ1v) is 6.82. The van der Waals surface area contributed by atoms with Crippen LogP contribution in [0.4, 0.5) is 5.69 Å². The van der Waals surface area contributed by atoms with Crippen molar-refractivity contribution in [1.82, 2.24) is 4.98 Å². The van der Waals surface area contributed by atoms with Gasteiger partial charge in [0.05, 0.1) is 11.4 Å². The summed E-state index contributed by atoms with van der Waals surface area (Å²) in [7, 11) is 0.